The van der Waals surface area contributed by atoms with Crippen molar-refractivity contribution in [2.75, 3.05) is 5.75 Å². The number of aryl methyl sites for hydroxylation is 1. The van der Waals surface area contributed by atoms with Crippen LogP contribution < -0.4 is 5.14 Å². The van der Waals surface area contributed by atoms with Gasteiger partial charge in [0.05, 0.1) is 22.4 Å². The Hall–Kier alpha value is -2.69. The van der Waals surface area contributed by atoms with Crippen LogP contribution in [0, 0.1) is 5.82 Å². The van der Waals surface area contributed by atoms with Gasteiger partial charge >= 0.3 is 0 Å². The van der Waals surface area contributed by atoms with Crippen molar-refractivity contribution in [2.24, 2.45) is 5.14 Å². The minimum absolute atomic E-state index is 0.0761. The molecule has 0 saturated heterocycles. The van der Waals surface area contributed by atoms with Gasteiger partial charge in [0.2, 0.25) is 21.8 Å². The third-order valence-corrected chi connectivity index (χ3v) is 5.81. The molecule has 10 heteroatoms. The van der Waals surface area contributed by atoms with E-state index in [9.17, 15) is 12.8 Å². The number of hydrogen-bond donors (Lipinski definition) is 1. The maximum absolute atomic E-state index is 13.1. The molecule has 0 unspecified atom stereocenters. The van der Waals surface area contributed by atoms with Crippen molar-refractivity contribution < 1.29 is 17.2 Å². The van der Waals surface area contributed by atoms with Gasteiger partial charge in [-0.1, -0.05) is 18.2 Å². The van der Waals surface area contributed by atoms with Gasteiger partial charge in [-0.2, -0.15) is 0 Å². The standard InChI is InChI=1S/C18H15FN4O3S2/c19-13-4-1-11(2-5-13)12-3-6-14-15(9-12)27-18(21-14)10-17-23-22-16(26-17)7-8-28(20,24)25/h1-6,9H,7-8,10H2,(H2,20,24,25). The largest absolute Gasteiger partial charge is 0.425 e. The van der Waals surface area contributed by atoms with E-state index in [-0.39, 0.29) is 23.9 Å². The zero-order chi connectivity index (χ0) is 19.7. The Balaban J connectivity index is 1.52. The molecule has 2 N–H and O–H groups in total. The van der Waals surface area contributed by atoms with Crippen molar-refractivity contribution in [1.82, 2.24) is 15.2 Å². The molecular formula is C18H15FN4O3S2. The molecule has 0 aliphatic rings. The molecule has 4 aromatic rings. The zero-order valence-electron chi connectivity index (χ0n) is 14.5. The Morgan fingerprint density at radius 1 is 1.04 bits per heavy atom. The van der Waals surface area contributed by atoms with E-state index in [1.807, 2.05) is 18.2 Å². The quantitative estimate of drug-likeness (QED) is 0.515. The average molecular weight is 418 g/mol. The summed E-state index contributed by atoms with van der Waals surface area (Å²) in [6.45, 7) is 0. The number of fused-ring (bicyclic) bond motifs is 1. The summed E-state index contributed by atoms with van der Waals surface area (Å²) >= 11 is 1.50. The number of aromatic nitrogens is 3. The smallest absolute Gasteiger partial charge is 0.223 e. The molecule has 0 atom stereocenters. The number of nitrogens with two attached hydrogens (primary N) is 1. The fraction of sp³-hybridized carbons (Fsp3) is 0.167. The van der Waals surface area contributed by atoms with Gasteiger partial charge in [-0.05, 0) is 35.4 Å². The van der Waals surface area contributed by atoms with E-state index in [1.54, 1.807) is 12.1 Å². The maximum Gasteiger partial charge on any atom is 0.223 e. The Morgan fingerprint density at radius 3 is 2.50 bits per heavy atom. The summed E-state index contributed by atoms with van der Waals surface area (Å²) in [4.78, 5) is 4.57. The van der Waals surface area contributed by atoms with Gasteiger partial charge in [0.25, 0.3) is 0 Å². The third kappa shape index (κ3) is 4.41. The maximum atomic E-state index is 13.1. The minimum Gasteiger partial charge on any atom is -0.425 e. The number of nitrogens with zero attached hydrogens (tertiary/aromatic N) is 3. The highest BCUT2D eigenvalue weighted by Gasteiger charge is 2.13. The Kier molecular flexibility index (Phi) is 4.92. The predicted octanol–water partition coefficient (Wildman–Crippen LogP) is 2.91. The van der Waals surface area contributed by atoms with Gasteiger partial charge in [-0.3, -0.25) is 0 Å². The second-order valence-electron chi connectivity index (χ2n) is 6.18. The van der Waals surface area contributed by atoms with E-state index in [1.165, 1.54) is 23.5 Å². The summed E-state index contributed by atoms with van der Waals surface area (Å²) in [5.41, 5.74) is 2.75. The Bertz CT molecular complexity index is 1230. The van der Waals surface area contributed by atoms with Crippen LogP contribution in [0.1, 0.15) is 16.8 Å². The first-order valence-corrected chi connectivity index (χ1v) is 10.9. The number of thiazole rings is 1. The number of halogens is 1. The monoisotopic (exact) mass is 418 g/mol. The third-order valence-electron chi connectivity index (χ3n) is 4.02. The molecule has 0 radical (unpaired) electrons. The van der Waals surface area contributed by atoms with E-state index in [0.717, 1.165) is 26.4 Å². The second kappa shape index (κ2) is 7.38. The van der Waals surface area contributed by atoms with Crippen LogP contribution in [0.25, 0.3) is 21.3 Å². The Labute approximate surface area is 164 Å². The van der Waals surface area contributed by atoms with Crippen LogP contribution >= 0.6 is 11.3 Å². The highest BCUT2D eigenvalue weighted by atomic mass is 32.2. The Morgan fingerprint density at radius 2 is 1.75 bits per heavy atom. The van der Waals surface area contributed by atoms with Gasteiger partial charge in [0.1, 0.15) is 10.8 Å². The van der Waals surface area contributed by atoms with Crippen LogP contribution in [0.4, 0.5) is 4.39 Å². The molecule has 28 heavy (non-hydrogen) atoms. The summed E-state index contributed by atoms with van der Waals surface area (Å²) in [7, 11) is -3.58. The number of hydrogen-bond acceptors (Lipinski definition) is 7. The molecule has 2 heterocycles. The van der Waals surface area contributed by atoms with Gasteiger partial charge in [0, 0.05) is 6.42 Å². The molecule has 2 aromatic carbocycles. The van der Waals surface area contributed by atoms with E-state index in [2.05, 4.69) is 15.2 Å². The van der Waals surface area contributed by atoms with Crippen molar-refractivity contribution in [3.05, 3.63) is 65.1 Å². The van der Waals surface area contributed by atoms with E-state index in [0.29, 0.717) is 12.3 Å². The summed E-state index contributed by atoms with van der Waals surface area (Å²) in [6.07, 6.45) is 0.431. The molecule has 0 amide bonds. The van der Waals surface area contributed by atoms with E-state index >= 15 is 0 Å². The van der Waals surface area contributed by atoms with Gasteiger partial charge < -0.3 is 4.42 Å². The molecule has 144 valence electrons. The van der Waals surface area contributed by atoms with Gasteiger partial charge in [-0.25, -0.2) is 22.9 Å². The molecule has 7 nitrogen and oxygen atoms in total. The van der Waals surface area contributed by atoms with Crippen molar-refractivity contribution in [3.63, 3.8) is 0 Å². The van der Waals surface area contributed by atoms with Crippen LogP contribution in [-0.4, -0.2) is 29.4 Å². The van der Waals surface area contributed by atoms with Crippen LogP contribution in [0.5, 0.6) is 0 Å². The van der Waals surface area contributed by atoms with Crippen molar-refractivity contribution in [3.8, 4) is 11.1 Å². The van der Waals surface area contributed by atoms with E-state index < -0.39 is 10.0 Å². The second-order valence-corrected chi connectivity index (χ2v) is 9.03. The molecule has 2 aromatic heterocycles. The molecule has 0 aliphatic carbocycles. The minimum atomic E-state index is -3.58. The van der Waals surface area contributed by atoms with Crippen molar-refractivity contribution in [1.29, 1.82) is 0 Å². The first-order valence-electron chi connectivity index (χ1n) is 8.33. The summed E-state index contributed by atoms with van der Waals surface area (Å²) in [5.74, 6) is 0.0703. The average Bonchev–Trinajstić information content (AvgIpc) is 3.25. The highest BCUT2D eigenvalue weighted by Crippen LogP contribution is 2.29. The lowest BCUT2D eigenvalue weighted by atomic mass is 10.1. The number of benzene rings is 2. The normalized spacial score (nSPS) is 11.9. The number of primary sulfonamides is 1. The van der Waals surface area contributed by atoms with E-state index in [4.69, 9.17) is 9.56 Å². The summed E-state index contributed by atoms with van der Waals surface area (Å²) < 4.78 is 41.6. The lowest BCUT2D eigenvalue weighted by molar-refractivity contribution is 0.461. The summed E-state index contributed by atoms with van der Waals surface area (Å²) in [5, 5.41) is 13.5. The lowest BCUT2D eigenvalue weighted by Crippen LogP contribution is -2.18. The fourth-order valence-corrected chi connectivity index (χ4v) is 4.15. The van der Waals surface area contributed by atoms with Crippen molar-refractivity contribution in [2.45, 2.75) is 12.8 Å². The van der Waals surface area contributed by atoms with Gasteiger partial charge in [-0.15, -0.1) is 21.5 Å². The molecule has 0 spiro atoms. The van der Waals surface area contributed by atoms with Crippen LogP contribution in [0.15, 0.2) is 46.9 Å². The number of rotatable bonds is 6. The SMILES string of the molecule is NS(=O)(=O)CCc1nnc(Cc2nc3ccc(-c4ccc(F)cc4)cc3s2)o1. The molecule has 0 saturated carbocycles. The van der Waals surface area contributed by atoms with Crippen molar-refractivity contribution >= 4 is 31.6 Å². The highest BCUT2D eigenvalue weighted by molar-refractivity contribution is 7.89. The zero-order valence-corrected chi connectivity index (χ0v) is 16.1. The molecule has 0 aliphatic heterocycles. The molecule has 0 fully saturated rings. The van der Waals surface area contributed by atoms with Gasteiger partial charge in [0.15, 0.2) is 0 Å². The first kappa shape index (κ1) is 18.7. The van der Waals surface area contributed by atoms with Crippen LogP contribution in [0.2, 0.25) is 0 Å². The lowest BCUT2D eigenvalue weighted by Gasteiger charge is -2.01. The van der Waals surface area contributed by atoms with Crippen LogP contribution in [0.3, 0.4) is 0 Å². The molecular weight excluding hydrogens is 403 g/mol. The predicted molar refractivity (Wildman–Crippen MR) is 104 cm³/mol. The molecule has 0 bridgehead atoms. The molecule has 4 rings (SSSR count). The summed E-state index contributed by atoms with van der Waals surface area (Å²) in [6, 6.07) is 12.2. The number of sulfonamides is 1. The van der Waals surface area contributed by atoms with Crippen LogP contribution in [-0.2, 0) is 22.9 Å². The fourth-order valence-electron chi connectivity index (χ4n) is 2.69. The topological polar surface area (TPSA) is 112 Å². The first-order chi connectivity index (χ1) is 13.4.